The topological polar surface area (TPSA) is 80.4 Å². The zero-order valence-corrected chi connectivity index (χ0v) is 17.5. The summed E-state index contributed by atoms with van der Waals surface area (Å²) in [5.41, 5.74) is 1.36. The van der Waals surface area contributed by atoms with Gasteiger partial charge in [0.15, 0.2) is 5.82 Å². The highest BCUT2D eigenvalue weighted by atomic mass is 32.2. The van der Waals surface area contributed by atoms with Crippen LogP contribution in [0.25, 0.3) is 0 Å². The molecule has 1 aliphatic rings. The number of rotatable bonds is 10. The van der Waals surface area contributed by atoms with Crippen molar-refractivity contribution in [3.05, 3.63) is 17.5 Å². The van der Waals surface area contributed by atoms with Crippen LogP contribution in [0.15, 0.2) is 21.9 Å². The molecule has 1 aliphatic carbocycles. The third-order valence-electron chi connectivity index (χ3n) is 4.85. The Hall–Kier alpha value is -1.63. The van der Waals surface area contributed by atoms with Gasteiger partial charge in [0.2, 0.25) is 5.16 Å². The second-order valence-electron chi connectivity index (χ2n) is 7.67. The molecule has 1 fully saturated rings. The highest BCUT2D eigenvalue weighted by molar-refractivity contribution is 7.99. The van der Waals surface area contributed by atoms with E-state index in [-0.39, 0.29) is 5.75 Å². The molecule has 2 rings (SSSR count). The zero-order chi connectivity index (χ0) is 19.6. The SMILES string of the molecule is CC(C)=CCC[C@@H](C)C/C=N\n1c(SCC(=O)O)nnc1C1CCCCC1. The van der Waals surface area contributed by atoms with Crippen molar-refractivity contribution in [3.8, 4) is 0 Å². The van der Waals surface area contributed by atoms with Crippen LogP contribution in [0.4, 0.5) is 0 Å². The molecule has 0 bridgehead atoms. The molecule has 1 aromatic rings. The molecule has 0 radical (unpaired) electrons. The number of aliphatic carboxylic acids is 1. The Morgan fingerprint density at radius 1 is 1.33 bits per heavy atom. The van der Waals surface area contributed by atoms with E-state index in [1.807, 2.05) is 6.21 Å². The molecule has 27 heavy (non-hydrogen) atoms. The highest BCUT2D eigenvalue weighted by Gasteiger charge is 2.23. The van der Waals surface area contributed by atoms with Crippen LogP contribution >= 0.6 is 11.8 Å². The van der Waals surface area contributed by atoms with E-state index in [4.69, 9.17) is 5.11 Å². The maximum absolute atomic E-state index is 10.9. The van der Waals surface area contributed by atoms with Crippen molar-refractivity contribution in [2.45, 2.75) is 83.2 Å². The van der Waals surface area contributed by atoms with Gasteiger partial charge in [-0.25, -0.2) is 0 Å². The van der Waals surface area contributed by atoms with Gasteiger partial charge in [-0.2, -0.15) is 9.78 Å². The molecule has 150 valence electrons. The van der Waals surface area contributed by atoms with Gasteiger partial charge in [-0.15, -0.1) is 10.2 Å². The van der Waals surface area contributed by atoms with Gasteiger partial charge in [-0.1, -0.05) is 49.6 Å². The molecule has 0 aliphatic heterocycles. The summed E-state index contributed by atoms with van der Waals surface area (Å²) >= 11 is 1.18. The Kier molecular flexibility index (Phi) is 9.04. The standard InChI is InChI=1S/C20H32N4O2S/c1-15(2)8-7-9-16(3)12-13-21-24-19(17-10-5-4-6-11-17)22-23-20(24)27-14-18(25)26/h8,13,16-17H,4-7,9-12,14H2,1-3H3,(H,25,26)/b21-13-/t16-/m1/s1. The summed E-state index contributed by atoms with van der Waals surface area (Å²) in [6.07, 6.45) is 13.2. The number of carboxylic acid groups (broad SMARTS) is 1. The van der Waals surface area contributed by atoms with E-state index >= 15 is 0 Å². The number of thioether (sulfide) groups is 1. The van der Waals surface area contributed by atoms with E-state index in [1.54, 1.807) is 4.68 Å². The maximum Gasteiger partial charge on any atom is 0.313 e. The van der Waals surface area contributed by atoms with Gasteiger partial charge in [0.1, 0.15) is 0 Å². The van der Waals surface area contributed by atoms with Gasteiger partial charge in [-0.05, 0) is 51.9 Å². The monoisotopic (exact) mass is 392 g/mol. The molecule has 0 saturated heterocycles. The van der Waals surface area contributed by atoms with Crippen LogP contribution in [0.5, 0.6) is 0 Å². The molecule has 1 N–H and O–H groups in total. The number of nitrogens with zero attached hydrogens (tertiary/aromatic N) is 4. The van der Waals surface area contributed by atoms with Crippen molar-refractivity contribution in [2.24, 2.45) is 11.0 Å². The molecular formula is C20H32N4O2S. The summed E-state index contributed by atoms with van der Waals surface area (Å²) in [6.45, 7) is 6.49. The molecule has 6 nitrogen and oxygen atoms in total. The van der Waals surface area contributed by atoms with E-state index in [1.165, 1.54) is 36.6 Å². The third-order valence-corrected chi connectivity index (χ3v) is 5.75. The predicted octanol–water partition coefficient (Wildman–Crippen LogP) is 5.11. The second-order valence-corrected chi connectivity index (χ2v) is 8.61. The van der Waals surface area contributed by atoms with E-state index in [2.05, 4.69) is 42.1 Å². The lowest BCUT2D eigenvalue weighted by Gasteiger charge is -2.20. The summed E-state index contributed by atoms with van der Waals surface area (Å²) in [4.78, 5) is 10.9. The first-order valence-corrected chi connectivity index (χ1v) is 10.9. The lowest BCUT2D eigenvalue weighted by molar-refractivity contribution is -0.133. The quantitative estimate of drug-likeness (QED) is 0.340. The summed E-state index contributed by atoms with van der Waals surface area (Å²) in [6, 6.07) is 0. The van der Waals surface area contributed by atoms with Crippen LogP contribution in [0.1, 0.15) is 83.9 Å². The lowest BCUT2D eigenvalue weighted by atomic mass is 9.89. The molecule has 1 heterocycles. The largest absolute Gasteiger partial charge is 0.481 e. The molecule has 1 saturated carbocycles. The normalized spacial score (nSPS) is 16.6. The van der Waals surface area contributed by atoms with Gasteiger partial charge in [0.25, 0.3) is 0 Å². The fourth-order valence-corrected chi connectivity index (χ4v) is 3.91. The van der Waals surface area contributed by atoms with Crippen molar-refractivity contribution >= 4 is 23.9 Å². The highest BCUT2D eigenvalue weighted by Crippen LogP contribution is 2.33. The molecule has 0 aromatic carbocycles. The number of hydrogen-bond acceptors (Lipinski definition) is 5. The van der Waals surface area contributed by atoms with E-state index in [0.717, 1.165) is 37.9 Å². The number of aromatic nitrogens is 3. The van der Waals surface area contributed by atoms with E-state index < -0.39 is 5.97 Å². The minimum Gasteiger partial charge on any atom is -0.481 e. The Labute approximate surface area is 166 Å². The Balaban J connectivity index is 2.05. The third kappa shape index (κ3) is 7.48. The fourth-order valence-electron chi connectivity index (χ4n) is 3.30. The van der Waals surface area contributed by atoms with Gasteiger partial charge in [0.05, 0.1) is 5.75 Å². The molecule has 0 spiro atoms. The van der Waals surface area contributed by atoms with Crippen molar-refractivity contribution < 1.29 is 9.90 Å². The van der Waals surface area contributed by atoms with E-state index in [0.29, 0.717) is 17.0 Å². The number of hydrogen-bond donors (Lipinski definition) is 1. The van der Waals surface area contributed by atoms with Crippen molar-refractivity contribution in [2.75, 3.05) is 5.75 Å². The summed E-state index contributed by atoms with van der Waals surface area (Å²) in [5, 5.41) is 22.8. The Morgan fingerprint density at radius 2 is 2.07 bits per heavy atom. The Bertz CT molecular complexity index is 659. The first-order valence-electron chi connectivity index (χ1n) is 9.93. The minimum atomic E-state index is -0.856. The average molecular weight is 393 g/mol. The van der Waals surface area contributed by atoms with Gasteiger partial charge in [-0.3, -0.25) is 4.79 Å². The Morgan fingerprint density at radius 3 is 2.74 bits per heavy atom. The van der Waals surface area contributed by atoms with Crippen LogP contribution < -0.4 is 0 Å². The molecular weight excluding hydrogens is 360 g/mol. The molecule has 7 heteroatoms. The fraction of sp³-hybridized carbons (Fsp3) is 0.700. The van der Waals surface area contributed by atoms with Gasteiger partial charge in [0, 0.05) is 12.1 Å². The first-order chi connectivity index (χ1) is 13.0. The first kappa shape index (κ1) is 21.7. The van der Waals surface area contributed by atoms with Crippen LogP contribution in [-0.2, 0) is 4.79 Å². The van der Waals surface area contributed by atoms with Crippen LogP contribution in [-0.4, -0.2) is 37.9 Å². The average Bonchev–Trinajstić information content (AvgIpc) is 3.03. The molecule has 1 atom stereocenters. The lowest BCUT2D eigenvalue weighted by Crippen LogP contribution is -2.11. The number of carbonyl (C=O) groups is 1. The van der Waals surface area contributed by atoms with Crippen molar-refractivity contribution in [1.82, 2.24) is 14.9 Å². The minimum absolute atomic E-state index is 0.0303. The molecule has 1 aromatic heterocycles. The summed E-state index contributed by atoms with van der Waals surface area (Å²) in [7, 11) is 0. The number of carboxylic acids is 1. The van der Waals surface area contributed by atoms with Crippen molar-refractivity contribution in [3.63, 3.8) is 0 Å². The summed E-state index contributed by atoms with van der Waals surface area (Å²) < 4.78 is 1.78. The predicted molar refractivity (Wildman–Crippen MR) is 111 cm³/mol. The summed E-state index contributed by atoms with van der Waals surface area (Å²) in [5.74, 6) is 0.922. The van der Waals surface area contributed by atoms with Crippen LogP contribution in [0, 0.1) is 5.92 Å². The van der Waals surface area contributed by atoms with Crippen molar-refractivity contribution in [1.29, 1.82) is 0 Å². The van der Waals surface area contributed by atoms with Crippen LogP contribution in [0.2, 0.25) is 0 Å². The smallest absolute Gasteiger partial charge is 0.313 e. The zero-order valence-electron chi connectivity index (χ0n) is 16.7. The van der Waals surface area contributed by atoms with E-state index in [9.17, 15) is 4.79 Å². The van der Waals surface area contributed by atoms with Crippen LogP contribution in [0.3, 0.4) is 0 Å². The number of allylic oxidation sites excluding steroid dienone is 2. The van der Waals surface area contributed by atoms with Gasteiger partial charge >= 0.3 is 5.97 Å². The van der Waals surface area contributed by atoms with Gasteiger partial charge < -0.3 is 5.11 Å². The second kappa shape index (κ2) is 11.3. The maximum atomic E-state index is 10.9. The molecule has 0 amide bonds. The molecule has 0 unspecified atom stereocenters.